The van der Waals surface area contributed by atoms with Crippen LogP contribution in [-0.4, -0.2) is 20.8 Å². The maximum atomic E-state index is 7.81. The Balaban J connectivity index is 2.69. The summed E-state index contributed by atoms with van der Waals surface area (Å²) in [5.74, 6) is 0.126. The zero-order valence-corrected chi connectivity index (χ0v) is 9.53. The van der Waals surface area contributed by atoms with Crippen LogP contribution in [0.4, 0.5) is 5.95 Å². The van der Waals surface area contributed by atoms with Crippen molar-refractivity contribution in [3.63, 3.8) is 0 Å². The third kappa shape index (κ3) is 1.92. The minimum absolute atomic E-state index is 0.0862. The molecule has 5 nitrogen and oxygen atoms in total. The summed E-state index contributed by atoms with van der Waals surface area (Å²) >= 11 is 1.43. The predicted octanol–water partition coefficient (Wildman–Crippen LogP) is 1.05. The Kier molecular flexibility index (Phi) is 2.91. The molecule has 0 saturated heterocycles. The van der Waals surface area contributed by atoms with Crippen LogP contribution in [0.2, 0.25) is 0 Å². The van der Waals surface area contributed by atoms with Gasteiger partial charge in [0.25, 0.3) is 0 Å². The lowest BCUT2D eigenvalue weighted by Crippen LogP contribution is -2.25. The molecule has 0 unspecified atom stereocenters. The Morgan fingerprint density at radius 1 is 1.25 bits per heavy atom. The van der Waals surface area contributed by atoms with Crippen LogP contribution in [0.1, 0.15) is 0 Å². The van der Waals surface area contributed by atoms with Crippen LogP contribution >= 0.6 is 11.8 Å². The molecule has 1 aromatic heterocycles. The number of nitrogens with one attached hydrogen (secondary N) is 1. The second-order valence-corrected chi connectivity index (χ2v) is 3.84. The highest BCUT2D eigenvalue weighted by Crippen LogP contribution is 2.14. The fourth-order valence-electron chi connectivity index (χ4n) is 1.37. The molecule has 0 amide bonds. The fraction of sp³-hybridized carbons (Fsp3) is 0.100. The van der Waals surface area contributed by atoms with Gasteiger partial charge in [0.1, 0.15) is 0 Å². The number of benzene rings is 1. The Morgan fingerprint density at radius 3 is 2.56 bits per heavy atom. The van der Waals surface area contributed by atoms with E-state index in [1.807, 2.05) is 36.6 Å². The van der Waals surface area contributed by atoms with Gasteiger partial charge < -0.3 is 5.73 Å². The summed E-state index contributed by atoms with van der Waals surface area (Å²) < 4.78 is 1.65. The maximum Gasteiger partial charge on any atom is 0.231 e. The van der Waals surface area contributed by atoms with Crippen LogP contribution in [0.5, 0.6) is 0 Å². The van der Waals surface area contributed by atoms with Crippen molar-refractivity contribution in [3.8, 4) is 5.69 Å². The molecule has 82 valence electrons. The summed E-state index contributed by atoms with van der Waals surface area (Å²) in [5.41, 5.74) is 6.46. The van der Waals surface area contributed by atoms with Gasteiger partial charge in [0.05, 0.1) is 5.69 Å². The summed E-state index contributed by atoms with van der Waals surface area (Å²) in [7, 11) is 0. The van der Waals surface area contributed by atoms with E-state index in [0.29, 0.717) is 5.16 Å². The smallest absolute Gasteiger partial charge is 0.231 e. The first-order valence-electron chi connectivity index (χ1n) is 4.63. The first-order chi connectivity index (χ1) is 7.72. The van der Waals surface area contributed by atoms with Crippen LogP contribution in [0.15, 0.2) is 35.5 Å². The van der Waals surface area contributed by atoms with Gasteiger partial charge in [0.2, 0.25) is 11.6 Å². The van der Waals surface area contributed by atoms with E-state index >= 15 is 0 Å². The van der Waals surface area contributed by atoms with Crippen molar-refractivity contribution in [2.45, 2.75) is 5.16 Å². The molecule has 0 aliphatic carbocycles. The van der Waals surface area contributed by atoms with Gasteiger partial charge in [-0.15, -0.1) is 0 Å². The molecule has 2 rings (SSSR count). The number of rotatable bonds is 2. The number of nitrogen functional groups attached to an aromatic ring is 1. The van der Waals surface area contributed by atoms with Crippen molar-refractivity contribution in [1.82, 2.24) is 14.5 Å². The minimum atomic E-state index is 0.0862. The summed E-state index contributed by atoms with van der Waals surface area (Å²) in [5, 5.41) is 8.47. The molecular weight excluding hydrogens is 222 g/mol. The second-order valence-electron chi connectivity index (χ2n) is 3.06. The van der Waals surface area contributed by atoms with E-state index in [4.69, 9.17) is 11.1 Å². The number of hydrogen-bond acceptors (Lipinski definition) is 5. The van der Waals surface area contributed by atoms with Crippen molar-refractivity contribution in [3.05, 3.63) is 36.0 Å². The summed E-state index contributed by atoms with van der Waals surface area (Å²) in [6.07, 6.45) is 1.89. The van der Waals surface area contributed by atoms with Gasteiger partial charge in [-0.1, -0.05) is 30.0 Å². The monoisotopic (exact) mass is 233 g/mol. The molecule has 0 bridgehead atoms. The normalized spacial score (nSPS) is 10.3. The third-order valence-electron chi connectivity index (χ3n) is 2.03. The largest absolute Gasteiger partial charge is 0.368 e. The van der Waals surface area contributed by atoms with E-state index in [9.17, 15) is 0 Å². The Labute approximate surface area is 96.9 Å². The van der Waals surface area contributed by atoms with Gasteiger partial charge in [-0.25, -0.2) is 0 Å². The first kappa shape index (κ1) is 10.7. The number of anilines is 1. The number of aromatic nitrogens is 3. The van der Waals surface area contributed by atoms with Crippen molar-refractivity contribution in [1.29, 1.82) is 5.41 Å². The van der Waals surface area contributed by atoms with Crippen molar-refractivity contribution in [2.75, 3.05) is 12.0 Å². The molecule has 2 aromatic rings. The van der Waals surface area contributed by atoms with Gasteiger partial charge in [-0.3, -0.25) is 9.98 Å². The van der Waals surface area contributed by atoms with E-state index in [2.05, 4.69) is 9.97 Å². The molecule has 0 spiro atoms. The highest BCUT2D eigenvalue weighted by atomic mass is 32.2. The minimum Gasteiger partial charge on any atom is -0.368 e. The quantitative estimate of drug-likeness (QED) is 0.760. The lowest BCUT2D eigenvalue weighted by molar-refractivity contribution is 0.719. The lowest BCUT2D eigenvalue weighted by Gasteiger charge is -2.10. The number of nitrogens with two attached hydrogens (primary N) is 1. The second kappa shape index (κ2) is 4.36. The predicted molar refractivity (Wildman–Crippen MR) is 63.4 cm³/mol. The van der Waals surface area contributed by atoms with E-state index in [1.54, 1.807) is 4.57 Å². The van der Waals surface area contributed by atoms with Crippen LogP contribution in [0.3, 0.4) is 0 Å². The van der Waals surface area contributed by atoms with Gasteiger partial charge in [-0.2, -0.15) is 9.97 Å². The molecule has 3 N–H and O–H groups in total. The molecule has 1 heterocycles. The molecule has 1 aromatic carbocycles. The lowest BCUT2D eigenvalue weighted by atomic mass is 10.3. The zero-order chi connectivity index (χ0) is 11.5. The van der Waals surface area contributed by atoms with Crippen molar-refractivity contribution >= 4 is 17.7 Å². The molecule has 0 saturated carbocycles. The molecule has 0 aliphatic heterocycles. The number of thioether (sulfide) groups is 1. The zero-order valence-electron chi connectivity index (χ0n) is 8.71. The number of para-hydroxylation sites is 1. The van der Waals surface area contributed by atoms with Crippen LogP contribution in [-0.2, 0) is 0 Å². The average Bonchev–Trinajstić information content (AvgIpc) is 2.29. The first-order valence-corrected chi connectivity index (χ1v) is 5.85. The molecule has 6 heteroatoms. The maximum absolute atomic E-state index is 7.81. The van der Waals surface area contributed by atoms with Gasteiger partial charge in [-0.05, 0) is 18.4 Å². The molecule has 0 fully saturated rings. The number of hydrogen-bond donors (Lipinski definition) is 2. The number of nitrogens with zero attached hydrogens (tertiary/aromatic N) is 3. The van der Waals surface area contributed by atoms with Crippen molar-refractivity contribution < 1.29 is 0 Å². The molecular formula is C10H11N5S. The standard InChI is InChI=1S/C10H11N5S/c1-16-10-14-8(11)13-9(12)15(10)7-5-3-2-4-6-7/h2-6H,1H3,(H3,11,12,13). The van der Waals surface area contributed by atoms with Gasteiger partial charge >= 0.3 is 0 Å². The molecule has 0 atom stereocenters. The Hall–Kier alpha value is -1.82. The molecule has 16 heavy (non-hydrogen) atoms. The van der Waals surface area contributed by atoms with Crippen molar-refractivity contribution in [2.24, 2.45) is 0 Å². The van der Waals surface area contributed by atoms with Crippen LogP contribution in [0, 0.1) is 5.41 Å². The summed E-state index contributed by atoms with van der Waals surface area (Å²) in [4.78, 5) is 7.94. The molecule has 0 radical (unpaired) electrons. The SMILES string of the molecule is CSc1nc(N)nc(=N)n1-c1ccccc1. The van der Waals surface area contributed by atoms with Crippen LogP contribution < -0.4 is 11.4 Å². The summed E-state index contributed by atoms with van der Waals surface area (Å²) in [6.45, 7) is 0. The van der Waals surface area contributed by atoms with E-state index in [-0.39, 0.29) is 11.6 Å². The topological polar surface area (TPSA) is 80.6 Å². The van der Waals surface area contributed by atoms with Gasteiger partial charge in [0.15, 0.2) is 5.16 Å². The van der Waals surface area contributed by atoms with Gasteiger partial charge in [0, 0.05) is 0 Å². The highest BCUT2D eigenvalue weighted by Gasteiger charge is 2.06. The highest BCUT2D eigenvalue weighted by molar-refractivity contribution is 7.98. The molecule has 0 aliphatic rings. The van der Waals surface area contributed by atoms with Crippen LogP contribution in [0.25, 0.3) is 5.69 Å². The Bertz CT molecular complexity index is 549. The van der Waals surface area contributed by atoms with E-state index in [1.165, 1.54) is 11.8 Å². The Morgan fingerprint density at radius 2 is 1.94 bits per heavy atom. The summed E-state index contributed by atoms with van der Waals surface area (Å²) in [6, 6.07) is 9.53. The fourth-order valence-corrected chi connectivity index (χ4v) is 1.93. The van der Waals surface area contributed by atoms with E-state index in [0.717, 1.165) is 5.69 Å². The van der Waals surface area contributed by atoms with E-state index < -0.39 is 0 Å². The average molecular weight is 233 g/mol. The third-order valence-corrected chi connectivity index (χ3v) is 2.67.